The molecule has 2 saturated carbocycles. The van der Waals surface area contributed by atoms with E-state index in [0.29, 0.717) is 30.6 Å². The molecule has 1 unspecified atom stereocenters. The van der Waals surface area contributed by atoms with Crippen molar-refractivity contribution in [2.24, 2.45) is 5.73 Å². The molecule has 194 valence electrons. The Hall–Kier alpha value is -2.22. The van der Waals surface area contributed by atoms with Crippen LogP contribution in [-0.2, 0) is 11.3 Å². The lowest BCUT2D eigenvalue weighted by molar-refractivity contribution is -0.128. The maximum absolute atomic E-state index is 13.7. The van der Waals surface area contributed by atoms with Gasteiger partial charge < -0.3 is 16.0 Å². The van der Waals surface area contributed by atoms with E-state index in [9.17, 15) is 9.59 Å². The van der Waals surface area contributed by atoms with Gasteiger partial charge in [-0.25, -0.2) is 0 Å². The van der Waals surface area contributed by atoms with Crippen molar-refractivity contribution in [2.75, 3.05) is 6.54 Å². The Morgan fingerprint density at radius 2 is 1.69 bits per heavy atom. The maximum atomic E-state index is 13.7. The van der Waals surface area contributed by atoms with Crippen molar-refractivity contribution in [1.82, 2.24) is 15.1 Å². The molecule has 1 saturated heterocycles. The Balaban J connectivity index is 1.34. The Morgan fingerprint density at radius 1 is 0.972 bits per heavy atom. The largest absolute Gasteiger partial charge is 0.352 e. The smallest absolute Gasteiger partial charge is 0.254 e. The molecule has 2 aromatic rings. The molecule has 0 spiro atoms. The summed E-state index contributed by atoms with van der Waals surface area (Å²) in [6, 6.07) is 13.0. The van der Waals surface area contributed by atoms with E-state index in [1.807, 2.05) is 47.4 Å². The van der Waals surface area contributed by atoms with E-state index < -0.39 is 6.04 Å². The number of nitrogens with one attached hydrogen (secondary N) is 1. The van der Waals surface area contributed by atoms with Gasteiger partial charge in [-0.2, -0.15) is 0 Å². The van der Waals surface area contributed by atoms with Gasteiger partial charge in [0.15, 0.2) is 0 Å². The van der Waals surface area contributed by atoms with Crippen molar-refractivity contribution in [3.05, 3.63) is 57.3 Å². The van der Waals surface area contributed by atoms with Gasteiger partial charge in [0.2, 0.25) is 5.91 Å². The molecule has 6 nitrogen and oxygen atoms in total. The summed E-state index contributed by atoms with van der Waals surface area (Å²) in [4.78, 5) is 34.5. The first-order valence-corrected chi connectivity index (χ1v) is 14.4. The van der Waals surface area contributed by atoms with Crippen molar-refractivity contribution < 1.29 is 9.59 Å². The molecule has 1 aromatic carbocycles. The van der Waals surface area contributed by atoms with E-state index in [2.05, 4.69) is 29.3 Å². The number of likely N-dealkylation sites (tertiary alicyclic amines) is 1. The molecule has 0 bridgehead atoms. The third-order valence-corrected chi connectivity index (χ3v) is 9.16. The summed E-state index contributed by atoms with van der Waals surface area (Å²) in [5.41, 5.74) is 7.87. The zero-order valence-corrected chi connectivity index (χ0v) is 22.4. The van der Waals surface area contributed by atoms with Crippen molar-refractivity contribution in [2.45, 2.75) is 102 Å². The van der Waals surface area contributed by atoms with Crippen LogP contribution < -0.4 is 11.1 Å². The van der Waals surface area contributed by atoms with Crippen molar-refractivity contribution in [3.8, 4) is 0 Å². The molecule has 3 aliphatic rings. The van der Waals surface area contributed by atoms with Crippen molar-refractivity contribution in [1.29, 1.82) is 0 Å². The molecule has 2 heterocycles. The number of thiophene rings is 1. The first-order valence-electron chi connectivity index (χ1n) is 13.6. The second-order valence-electron chi connectivity index (χ2n) is 11.1. The molecule has 1 aliphatic heterocycles. The Bertz CT molecular complexity index is 1060. The molecule has 36 heavy (non-hydrogen) atoms. The number of hydrogen-bond acceptors (Lipinski definition) is 5. The fourth-order valence-corrected chi connectivity index (χ4v) is 6.77. The SMILES string of the molecule is Cc1ccc(C(=O)N2CCC(N(Cc3ccc(C)s3)C3CC3)C[C@@H]2C(=O)NC2CCC(N)CC2)cc1. The number of benzene rings is 1. The lowest BCUT2D eigenvalue weighted by atomic mass is 9.90. The van der Waals surface area contributed by atoms with E-state index in [-0.39, 0.29) is 23.9 Å². The molecule has 2 amide bonds. The summed E-state index contributed by atoms with van der Waals surface area (Å²) in [6.07, 6.45) is 7.77. The van der Waals surface area contributed by atoms with Gasteiger partial charge in [-0.05, 0) is 89.5 Å². The number of hydrogen-bond donors (Lipinski definition) is 2. The molecular weight excluding hydrogens is 468 g/mol. The lowest BCUT2D eigenvalue weighted by Gasteiger charge is -2.43. The van der Waals surface area contributed by atoms with E-state index in [0.717, 1.165) is 44.2 Å². The highest BCUT2D eigenvalue weighted by Gasteiger charge is 2.42. The number of rotatable bonds is 7. The first-order chi connectivity index (χ1) is 17.4. The van der Waals surface area contributed by atoms with Gasteiger partial charge >= 0.3 is 0 Å². The van der Waals surface area contributed by atoms with Gasteiger partial charge in [-0.15, -0.1) is 11.3 Å². The summed E-state index contributed by atoms with van der Waals surface area (Å²) in [5.74, 6) is -0.0329. The number of carbonyl (C=O) groups excluding carboxylic acids is 2. The van der Waals surface area contributed by atoms with E-state index in [4.69, 9.17) is 5.73 Å². The third kappa shape index (κ3) is 6.01. The minimum absolute atomic E-state index is 0.00310. The molecule has 5 rings (SSSR count). The van der Waals surface area contributed by atoms with Crippen LogP contribution in [0.5, 0.6) is 0 Å². The van der Waals surface area contributed by atoms with Crippen LogP contribution in [0.1, 0.15) is 77.0 Å². The van der Waals surface area contributed by atoms with Crippen LogP contribution in [0.2, 0.25) is 0 Å². The molecule has 7 heteroatoms. The predicted octanol–water partition coefficient (Wildman–Crippen LogP) is 4.39. The second kappa shape index (κ2) is 11.0. The average Bonchev–Trinajstić information content (AvgIpc) is 3.64. The van der Waals surface area contributed by atoms with Crippen LogP contribution in [0, 0.1) is 13.8 Å². The molecule has 2 atom stereocenters. The second-order valence-corrected chi connectivity index (χ2v) is 12.5. The molecule has 3 N–H and O–H groups in total. The number of nitrogens with two attached hydrogens (primary N) is 1. The highest BCUT2D eigenvalue weighted by atomic mass is 32.1. The zero-order chi connectivity index (χ0) is 25.2. The van der Waals surface area contributed by atoms with Crippen molar-refractivity contribution >= 4 is 23.2 Å². The van der Waals surface area contributed by atoms with E-state index in [1.165, 1.54) is 22.6 Å². The Morgan fingerprint density at radius 3 is 2.33 bits per heavy atom. The number of aryl methyl sites for hydroxylation is 2. The minimum atomic E-state index is -0.445. The van der Waals surface area contributed by atoms with Gasteiger partial charge in [-0.3, -0.25) is 14.5 Å². The highest BCUT2D eigenvalue weighted by molar-refractivity contribution is 7.11. The van der Waals surface area contributed by atoms with Gasteiger partial charge in [0.1, 0.15) is 6.04 Å². The summed E-state index contributed by atoms with van der Waals surface area (Å²) < 4.78 is 0. The van der Waals surface area contributed by atoms with Gasteiger partial charge in [0.25, 0.3) is 5.91 Å². The minimum Gasteiger partial charge on any atom is -0.352 e. The van der Waals surface area contributed by atoms with Crippen LogP contribution in [0.15, 0.2) is 36.4 Å². The van der Waals surface area contributed by atoms with Crippen LogP contribution in [0.4, 0.5) is 0 Å². The Labute approximate surface area is 219 Å². The molecule has 0 radical (unpaired) electrons. The molecule has 3 fully saturated rings. The normalized spacial score (nSPS) is 26.7. The standard InChI is InChI=1S/C29H40N4O2S/c1-19-3-6-21(7-4-19)29(35)32-16-15-25(33(24-12-13-24)18-26-14-5-20(2)36-26)17-27(32)28(34)31-23-10-8-22(30)9-11-23/h3-7,14,22-25,27H,8-13,15-18,30H2,1-2H3,(H,31,34)/t22?,23?,25?,27-/m1/s1. The van der Waals surface area contributed by atoms with Crippen molar-refractivity contribution in [3.63, 3.8) is 0 Å². The molecule has 1 aromatic heterocycles. The fraction of sp³-hybridized carbons (Fsp3) is 0.586. The van der Waals surface area contributed by atoms with E-state index >= 15 is 0 Å². The molecule has 2 aliphatic carbocycles. The molecular formula is C29H40N4O2S. The highest BCUT2D eigenvalue weighted by Crippen LogP contribution is 2.36. The van der Waals surface area contributed by atoms with Crippen LogP contribution in [0.25, 0.3) is 0 Å². The predicted molar refractivity (Wildman–Crippen MR) is 145 cm³/mol. The monoisotopic (exact) mass is 508 g/mol. The average molecular weight is 509 g/mol. The topological polar surface area (TPSA) is 78.7 Å². The van der Waals surface area contributed by atoms with E-state index in [1.54, 1.807) is 0 Å². The number of amides is 2. The number of piperidine rings is 1. The van der Waals surface area contributed by atoms with Gasteiger partial charge in [0.05, 0.1) is 0 Å². The maximum Gasteiger partial charge on any atom is 0.254 e. The fourth-order valence-electron chi connectivity index (χ4n) is 5.88. The van der Waals surface area contributed by atoms with Crippen LogP contribution in [-0.4, -0.2) is 58.4 Å². The summed E-state index contributed by atoms with van der Waals surface area (Å²) in [7, 11) is 0. The summed E-state index contributed by atoms with van der Waals surface area (Å²) in [6.45, 7) is 5.73. The number of carbonyl (C=O) groups is 2. The quantitative estimate of drug-likeness (QED) is 0.582. The third-order valence-electron chi connectivity index (χ3n) is 8.17. The first kappa shape index (κ1) is 25.4. The number of nitrogens with zero attached hydrogens (tertiary/aromatic N) is 2. The van der Waals surface area contributed by atoms with Crippen LogP contribution in [0.3, 0.4) is 0 Å². The Kier molecular flexibility index (Phi) is 7.79. The zero-order valence-electron chi connectivity index (χ0n) is 21.6. The van der Waals surface area contributed by atoms with Gasteiger partial charge in [0, 0.05) is 52.6 Å². The summed E-state index contributed by atoms with van der Waals surface area (Å²) >= 11 is 1.86. The van der Waals surface area contributed by atoms with Crippen LogP contribution >= 0.6 is 11.3 Å². The lowest BCUT2D eigenvalue weighted by Crippen LogP contribution is -2.58. The summed E-state index contributed by atoms with van der Waals surface area (Å²) in [5, 5.41) is 3.31. The van der Waals surface area contributed by atoms with Gasteiger partial charge in [-0.1, -0.05) is 17.7 Å².